The van der Waals surface area contributed by atoms with Crippen molar-refractivity contribution in [2.75, 3.05) is 5.43 Å². The molecule has 0 aliphatic carbocycles. The summed E-state index contributed by atoms with van der Waals surface area (Å²) < 4.78 is 1.04. The summed E-state index contributed by atoms with van der Waals surface area (Å²) >= 11 is 8.58. The fraction of sp³-hybridized carbons (Fsp3) is 0.125. The maximum atomic E-state index is 5.17. The fourth-order valence-electron chi connectivity index (χ4n) is 1.68. The Bertz CT molecular complexity index is 666. The summed E-state index contributed by atoms with van der Waals surface area (Å²) in [6.07, 6.45) is 0. The lowest BCUT2D eigenvalue weighted by atomic mass is 10.1. The van der Waals surface area contributed by atoms with E-state index in [-0.39, 0.29) is 0 Å². The zero-order valence-electron chi connectivity index (χ0n) is 12.4. The highest BCUT2D eigenvalue weighted by Gasteiger charge is 1.98. The molecule has 0 spiro atoms. The first-order chi connectivity index (χ1) is 10.5. The van der Waals surface area contributed by atoms with Crippen LogP contribution in [0.15, 0.2) is 58.1 Å². The van der Waals surface area contributed by atoms with Crippen LogP contribution in [0.1, 0.15) is 18.1 Å². The molecule has 114 valence electrons. The minimum Gasteiger partial charge on any atom is -0.299 e. The molecule has 0 unspecified atom stereocenters. The Morgan fingerprint density at radius 3 is 2.32 bits per heavy atom. The van der Waals surface area contributed by atoms with Gasteiger partial charge in [0.1, 0.15) is 0 Å². The first kappa shape index (κ1) is 16.5. The lowest BCUT2D eigenvalue weighted by Crippen LogP contribution is -2.36. The van der Waals surface area contributed by atoms with Gasteiger partial charge < -0.3 is 0 Å². The third-order valence-corrected chi connectivity index (χ3v) is 3.68. The highest BCUT2D eigenvalue weighted by molar-refractivity contribution is 9.10. The molecular formula is C16H17BrN4S. The number of nitrogens with zero attached hydrogens (tertiary/aromatic N) is 1. The SMILES string of the molecule is C/C(=N\NC(=S)NNc1ccc(C)cc1)c1ccc(Br)cc1. The van der Waals surface area contributed by atoms with Crippen LogP contribution in [0.2, 0.25) is 0 Å². The number of anilines is 1. The van der Waals surface area contributed by atoms with Crippen LogP contribution < -0.4 is 16.3 Å². The molecule has 0 radical (unpaired) electrons. The van der Waals surface area contributed by atoms with E-state index in [0.29, 0.717) is 5.11 Å². The van der Waals surface area contributed by atoms with Gasteiger partial charge in [-0.1, -0.05) is 45.8 Å². The van der Waals surface area contributed by atoms with Gasteiger partial charge in [0.25, 0.3) is 0 Å². The summed E-state index contributed by atoms with van der Waals surface area (Å²) in [6, 6.07) is 15.9. The molecule has 0 atom stereocenters. The molecular weight excluding hydrogens is 360 g/mol. The first-order valence-electron chi connectivity index (χ1n) is 6.73. The van der Waals surface area contributed by atoms with Gasteiger partial charge in [0, 0.05) is 4.47 Å². The summed E-state index contributed by atoms with van der Waals surface area (Å²) in [5, 5.41) is 4.66. The summed E-state index contributed by atoms with van der Waals surface area (Å²) in [5.41, 5.74) is 12.7. The van der Waals surface area contributed by atoms with Gasteiger partial charge in [0.15, 0.2) is 0 Å². The second-order valence-electron chi connectivity index (χ2n) is 4.76. The van der Waals surface area contributed by atoms with Gasteiger partial charge >= 0.3 is 0 Å². The van der Waals surface area contributed by atoms with E-state index < -0.39 is 0 Å². The van der Waals surface area contributed by atoms with E-state index in [1.807, 2.05) is 62.4 Å². The van der Waals surface area contributed by atoms with Crippen molar-refractivity contribution in [2.45, 2.75) is 13.8 Å². The van der Waals surface area contributed by atoms with Crippen LogP contribution in [-0.2, 0) is 0 Å². The summed E-state index contributed by atoms with van der Waals surface area (Å²) in [6.45, 7) is 3.97. The third-order valence-electron chi connectivity index (χ3n) is 2.96. The first-order valence-corrected chi connectivity index (χ1v) is 7.93. The van der Waals surface area contributed by atoms with Crippen molar-refractivity contribution in [3.63, 3.8) is 0 Å². The largest absolute Gasteiger partial charge is 0.299 e. The molecule has 3 N–H and O–H groups in total. The number of benzene rings is 2. The molecule has 2 rings (SSSR count). The smallest absolute Gasteiger partial charge is 0.205 e. The number of hydrogen-bond acceptors (Lipinski definition) is 3. The molecule has 0 saturated carbocycles. The maximum absolute atomic E-state index is 5.17. The third kappa shape index (κ3) is 5.13. The van der Waals surface area contributed by atoms with Gasteiger partial charge in [-0.15, -0.1) is 0 Å². The Kier molecular flexibility index (Phi) is 5.91. The predicted octanol–water partition coefficient (Wildman–Crippen LogP) is 3.97. The summed E-state index contributed by atoms with van der Waals surface area (Å²) in [4.78, 5) is 0. The Morgan fingerprint density at radius 1 is 1.05 bits per heavy atom. The number of hydrazone groups is 1. The number of nitrogens with one attached hydrogen (secondary N) is 3. The van der Waals surface area contributed by atoms with Crippen LogP contribution >= 0.6 is 28.1 Å². The Morgan fingerprint density at radius 2 is 1.68 bits per heavy atom. The van der Waals surface area contributed by atoms with Crippen molar-refractivity contribution in [3.05, 3.63) is 64.1 Å². The quantitative estimate of drug-likeness (QED) is 0.429. The second kappa shape index (κ2) is 7.91. The molecule has 0 bridgehead atoms. The number of rotatable bonds is 4. The maximum Gasteiger partial charge on any atom is 0.205 e. The number of halogens is 1. The summed E-state index contributed by atoms with van der Waals surface area (Å²) in [5.74, 6) is 0. The number of hydrogen-bond donors (Lipinski definition) is 3. The topological polar surface area (TPSA) is 48.5 Å². The second-order valence-corrected chi connectivity index (χ2v) is 6.08. The molecule has 0 fully saturated rings. The van der Waals surface area contributed by atoms with E-state index in [9.17, 15) is 0 Å². The van der Waals surface area contributed by atoms with Crippen LogP contribution in [-0.4, -0.2) is 10.8 Å². The van der Waals surface area contributed by atoms with E-state index in [1.54, 1.807) is 0 Å². The van der Waals surface area contributed by atoms with Gasteiger partial charge in [-0.05, 0) is 55.9 Å². The van der Waals surface area contributed by atoms with Crippen molar-refractivity contribution in [1.29, 1.82) is 0 Å². The Labute approximate surface area is 144 Å². The van der Waals surface area contributed by atoms with E-state index >= 15 is 0 Å². The van der Waals surface area contributed by atoms with E-state index in [0.717, 1.165) is 21.4 Å². The predicted molar refractivity (Wildman–Crippen MR) is 100 cm³/mol. The van der Waals surface area contributed by atoms with Gasteiger partial charge in [-0.3, -0.25) is 16.3 Å². The lowest BCUT2D eigenvalue weighted by Gasteiger charge is -2.10. The molecule has 22 heavy (non-hydrogen) atoms. The molecule has 0 aliphatic rings. The van der Waals surface area contributed by atoms with Crippen LogP contribution in [0.3, 0.4) is 0 Å². The van der Waals surface area contributed by atoms with Gasteiger partial charge in [0.05, 0.1) is 11.4 Å². The van der Waals surface area contributed by atoms with Crippen LogP contribution in [0.4, 0.5) is 5.69 Å². The Balaban J connectivity index is 1.85. The fourth-order valence-corrected chi connectivity index (χ4v) is 2.05. The van der Waals surface area contributed by atoms with Crippen molar-refractivity contribution in [2.24, 2.45) is 5.10 Å². The van der Waals surface area contributed by atoms with E-state index in [2.05, 4.69) is 37.3 Å². The summed E-state index contributed by atoms with van der Waals surface area (Å²) in [7, 11) is 0. The molecule has 0 aromatic heterocycles. The van der Waals surface area contributed by atoms with Crippen LogP contribution in [0.25, 0.3) is 0 Å². The molecule has 4 nitrogen and oxygen atoms in total. The molecule has 0 aliphatic heterocycles. The average molecular weight is 377 g/mol. The van der Waals surface area contributed by atoms with Gasteiger partial charge in [-0.2, -0.15) is 5.10 Å². The highest BCUT2D eigenvalue weighted by atomic mass is 79.9. The average Bonchev–Trinajstić information content (AvgIpc) is 2.52. The zero-order chi connectivity index (χ0) is 15.9. The molecule has 0 heterocycles. The van der Waals surface area contributed by atoms with E-state index in [1.165, 1.54) is 5.56 Å². The molecule has 0 saturated heterocycles. The van der Waals surface area contributed by atoms with Crippen molar-refractivity contribution in [3.8, 4) is 0 Å². The van der Waals surface area contributed by atoms with Crippen molar-refractivity contribution >= 4 is 44.7 Å². The highest BCUT2D eigenvalue weighted by Crippen LogP contribution is 2.11. The molecule has 0 amide bonds. The monoisotopic (exact) mass is 376 g/mol. The van der Waals surface area contributed by atoms with E-state index in [4.69, 9.17) is 12.2 Å². The minimum atomic E-state index is 0.400. The van der Waals surface area contributed by atoms with Crippen LogP contribution in [0, 0.1) is 6.92 Å². The molecule has 2 aromatic carbocycles. The number of aryl methyl sites for hydroxylation is 1. The minimum absolute atomic E-state index is 0.400. The van der Waals surface area contributed by atoms with Gasteiger partial charge in [0.2, 0.25) is 5.11 Å². The standard InChI is InChI=1S/C16H17BrN4S/c1-11-3-9-15(10-4-11)19-21-16(22)20-18-12(2)13-5-7-14(17)8-6-13/h3-10,19H,1-2H3,(H2,20,21,22)/b18-12+. The normalized spacial score (nSPS) is 11.0. The van der Waals surface area contributed by atoms with Crippen molar-refractivity contribution < 1.29 is 0 Å². The van der Waals surface area contributed by atoms with Crippen molar-refractivity contribution in [1.82, 2.24) is 10.9 Å². The zero-order valence-corrected chi connectivity index (χ0v) is 14.8. The van der Waals surface area contributed by atoms with Crippen LogP contribution in [0.5, 0.6) is 0 Å². The van der Waals surface area contributed by atoms with Gasteiger partial charge in [-0.25, -0.2) is 0 Å². The number of hydrazine groups is 1. The molecule has 6 heteroatoms. The lowest BCUT2D eigenvalue weighted by molar-refractivity contribution is 0.963. The molecule has 2 aromatic rings. The number of thiocarbonyl (C=S) groups is 1. The Hall–Kier alpha value is -1.92.